The van der Waals surface area contributed by atoms with Gasteiger partial charge < -0.3 is 14.4 Å². The quantitative estimate of drug-likeness (QED) is 0.805. The highest BCUT2D eigenvalue weighted by atomic mass is 16.6. The molecule has 2 fully saturated rings. The summed E-state index contributed by atoms with van der Waals surface area (Å²) in [6.45, 7) is 1.26. The fourth-order valence-electron chi connectivity index (χ4n) is 3.78. The third-order valence-corrected chi connectivity index (χ3v) is 4.93. The van der Waals surface area contributed by atoms with Crippen molar-refractivity contribution in [3.63, 3.8) is 0 Å². The summed E-state index contributed by atoms with van der Waals surface area (Å²) in [6.07, 6.45) is 2.44. The van der Waals surface area contributed by atoms with Crippen molar-refractivity contribution in [1.29, 1.82) is 0 Å². The van der Waals surface area contributed by atoms with Crippen LogP contribution in [-0.2, 0) is 20.9 Å². The lowest BCUT2D eigenvalue weighted by Crippen LogP contribution is -2.38. The van der Waals surface area contributed by atoms with Gasteiger partial charge in [0.2, 0.25) is 0 Å². The van der Waals surface area contributed by atoms with E-state index in [1.807, 2.05) is 30.3 Å². The number of carbonyl (C=O) groups is 2. The average Bonchev–Trinajstić information content (AvgIpc) is 3.11. The maximum absolute atomic E-state index is 12.3. The first-order valence-corrected chi connectivity index (χ1v) is 7.70. The molecule has 1 aromatic carbocycles. The molecule has 22 heavy (non-hydrogen) atoms. The highest BCUT2D eigenvalue weighted by Crippen LogP contribution is 2.49. The minimum atomic E-state index is -0.513. The first kappa shape index (κ1) is 14.9. The number of hydrogen-bond acceptors (Lipinski definition) is 4. The van der Waals surface area contributed by atoms with E-state index in [0.29, 0.717) is 13.1 Å². The van der Waals surface area contributed by atoms with Gasteiger partial charge in [-0.25, -0.2) is 4.79 Å². The normalized spacial score (nSPS) is 26.6. The minimum absolute atomic E-state index is 0.187. The van der Waals surface area contributed by atoms with E-state index in [0.717, 1.165) is 24.8 Å². The molecule has 0 aromatic heterocycles. The molecule has 0 radical (unpaired) electrons. The number of hydrogen-bond donors (Lipinski definition) is 0. The number of nitrogens with zero attached hydrogens (tertiary/aromatic N) is 1. The lowest BCUT2D eigenvalue weighted by molar-refractivity contribution is -0.153. The predicted molar refractivity (Wildman–Crippen MR) is 80.0 cm³/mol. The van der Waals surface area contributed by atoms with Gasteiger partial charge in [0, 0.05) is 13.1 Å². The second kappa shape index (κ2) is 5.99. The molecule has 1 aromatic rings. The van der Waals surface area contributed by atoms with Crippen LogP contribution >= 0.6 is 0 Å². The van der Waals surface area contributed by atoms with Gasteiger partial charge in [-0.15, -0.1) is 0 Å². The molecule has 2 aliphatic rings. The third kappa shape index (κ3) is 2.56. The molecule has 0 bridgehead atoms. The summed E-state index contributed by atoms with van der Waals surface area (Å²) in [4.78, 5) is 26.1. The Morgan fingerprint density at radius 2 is 2.09 bits per heavy atom. The molecule has 118 valence electrons. The van der Waals surface area contributed by atoms with Crippen molar-refractivity contribution >= 4 is 12.1 Å². The van der Waals surface area contributed by atoms with Gasteiger partial charge in [0.05, 0.1) is 12.5 Å². The first-order chi connectivity index (χ1) is 10.7. The van der Waals surface area contributed by atoms with Crippen molar-refractivity contribution in [1.82, 2.24) is 4.90 Å². The predicted octanol–water partition coefficient (Wildman–Crippen LogP) is 2.60. The van der Waals surface area contributed by atoms with Crippen LogP contribution in [0.5, 0.6) is 0 Å². The summed E-state index contributed by atoms with van der Waals surface area (Å²) in [5, 5.41) is 0. The number of methoxy groups -OCH3 is 1. The lowest BCUT2D eigenvalue weighted by atomic mass is 9.81. The molecule has 1 aliphatic carbocycles. The smallest absolute Gasteiger partial charge is 0.410 e. The molecule has 5 nitrogen and oxygen atoms in total. The molecular weight excluding hydrogens is 282 g/mol. The summed E-state index contributed by atoms with van der Waals surface area (Å²) < 4.78 is 10.3. The van der Waals surface area contributed by atoms with Gasteiger partial charge in [-0.1, -0.05) is 36.8 Å². The van der Waals surface area contributed by atoms with E-state index in [2.05, 4.69) is 0 Å². The molecule has 1 saturated carbocycles. The molecule has 3 rings (SSSR count). The van der Waals surface area contributed by atoms with E-state index in [9.17, 15) is 9.59 Å². The largest absolute Gasteiger partial charge is 0.469 e. The Morgan fingerprint density at radius 1 is 1.32 bits per heavy atom. The Bertz CT molecular complexity index is 559. The Morgan fingerprint density at radius 3 is 2.82 bits per heavy atom. The number of esters is 1. The number of rotatable bonds is 3. The van der Waals surface area contributed by atoms with E-state index in [-0.39, 0.29) is 24.6 Å². The van der Waals surface area contributed by atoms with Crippen molar-refractivity contribution < 1.29 is 19.1 Å². The molecule has 1 amide bonds. The van der Waals surface area contributed by atoms with Crippen LogP contribution in [-0.4, -0.2) is 37.2 Å². The van der Waals surface area contributed by atoms with Gasteiger partial charge in [-0.05, 0) is 24.3 Å². The standard InChI is InChI=1S/C17H21NO4/c1-21-15(19)17-9-5-8-14(17)10-18(12-17)16(20)22-11-13-6-3-2-4-7-13/h2-4,6-7,14H,5,8-12H2,1H3/t14-,17?/m0/s1. The zero-order valence-corrected chi connectivity index (χ0v) is 12.8. The van der Waals surface area contributed by atoms with Gasteiger partial charge >= 0.3 is 12.1 Å². The second-order valence-electron chi connectivity index (χ2n) is 6.16. The number of benzene rings is 1. The molecule has 1 heterocycles. The van der Waals surface area contributed by atoms with Crippen LogP contribution in [0, 0.1) is 11.3 Å². The van der Waals surface area contributed by atoms with Gasteiger partial charge in [-0.2, -0.15) is 0 Å². The van der Waals surface area contributed by atoms with E-state index in [1.54, 1.807) is 4.90 Å². The summed E-state index contributed by atoms with van der Waals surface area (Å²) >= 11 is 0. The summed E-state index contributed by atoms with van der Waals surface area (Å²) in [7, 11) is 1.42. The molecule has 2 atom stereocenters. The summed E-state index contributed by atoms with van der Waals surface area (Å²) in [5.41, 5.74) is 0.443. The zero-order valence-electron chi connectivity index (χ0n) is 12.8. The fraction of sp³-hybridized carbons (Fsp3) is 0.529. The van der Waals surface area contributed by atoms with Gasteiger partial charge in [0.25, 0.3) is 0 Å². The van der Waals surface area contributed by atoms with E-state index in [1.165, 1.54) is 7.11 Å². The SMILES string of the molecule is COC(=O)C12CCC[C@H]1CN(C(=O)OCc1ccccc1)C2. The number of fused-ring (bicyclic) bond motifs is 1. The van der Waals surface area contributed by atoms with E-state index in [4.69, 9.17) is 9.47 Å². The van der Waals surface area contributed by atoms with Crippen molar-refractivity contribution in [3.8, 4) is 0 Å². The maximum Gasteiger partial charge on any atom is 0.410 e. The second-order valence-corrected chi connectivity index (χ2v) is 6.16. The van der Waals surface area contributed by atoms with Crippen LogP contribution in [0.4, 0.5) is 4.79 Å². The van der Waals surface area contributed by atoms with Crippen LogP contribution < -0.4 is 0 Å². The van der Waals surface area contributed by atoms with Gasteiger partial charge in [0.1, 0.15) is 6.61 Å². The van der Waals surface area contributed by atoms with E-state index >= 15 is 0 Å². The monoisotopic (exact) mass is 303 g/mol. The van der Waals surface area contributed by atoms with Crippen molar-refractivity contribution in [2.24, 2.45) is 11.3 Å². The Kier molecular flexibility index (Phi) is 4.05. The maximum atomic E-state index is 12.3. The van der Waals surface area contributed by atoms with Crippen molar-refractivity contribution in [2.45, 2.75) is 25.9 Å². The number of ether oxygens (including phenoxy) is 2. The van der Waals surface area contributed by atoms with Crippen LogP contribution in [0.25, 0.3) is 0 Å². The average molecular weight is 303 g/mol. The summed E-state index contributed by atoms with van der Waals surface area (Å²) in [5.74, 6) is 0.0117. The van der Waals surface area contributed by atoms with Crippen molar-refractivity contribution in [3.05, 3.63) is 35.9 Å². The van der Waals surface area contributed by atoms with Crippen LogP contribution in [0.1, 0.15) is 24.8 Å². The molecule has 0 spiro atoms. The Balaban J connectivity index is 1.62. The molecule has 5 heteroatoms. The molecule has 1 saturated heterocycles. The number of carbonyl (C=O) groups excluding carboxylic acids is 2. The van der Waals surface area contributed by atoms with Crippen LogP contribution in [0.15, 0.2) is 30.3 Å². The molecule has 1 unspecified atom stereocenters. The lowest BCUT2D eigenvalue weighted by Gasteiger charge is -2.25. The minimum Gasteiger partial charge on any atom is -0.469 e. The summed E-state index contributed by atoms with van der Waals surface area (Å²) in [6, 6.07) is 9.59. The van der Waals surface area contributed by atoms with Crippen LogP contribution in [0.3, 0.4) is 0 Å². The van der Waals surface area contributed by atoms with E-state index < -0.39 is 5.41 Å². The first-order valence-electron chi connectivity index (χ1n) is 7.70. The molecule has 1 aliphatic heterocycles. The highest BCUT2D eigenvalue weighted by Gasteiger charge is 2.56. The third-order valence-electron chi connectivity index (χ3n) is 4.93. The fourth-order valence-corrected chi connectivity index (χ4v) is 3.78. The Hall–Kier alpha value is -2.04. The molecule has 0 N–H and O–H groups in total. The molecular formula is C17H21NO4. The topological polar surface area (TPSA) is 55.8 Å². The van der Waals surface area contributed by atoms with Crippen molar-refractivity contribution in [2.75, 3.05) is 20.2 Å². The number of likely N-dealkylation sites (tertiary alicyclic amines) is 1. The highest BCUT2D eigenvalue weighted by molar-refractivity contribution is 5.80. The van der Waals surface area contributed by atoms with Gasteiger partial charge in [-0.3, -0.25) is 4.79 Å². The van der Waals surface area contributed by atoms with Gasteiger partial charge in [0.15, 0.2) is 0 Å². The van der Waals surface area contributed by atoms with Crippen LogP contribution in [0.2, 0.25) is 0 Å². The number of amides is 1. The Labute approximate surface area is 130 Å². The zero-order chi connectivity index (χ0) is 15.6.